The van der Waals surface area contributed by atoms with Gasteiger partial charge in [0.2, 0.25) is 0 Å². The predicted octanol–water partition coefficient (Wildman–Crippen LogP) is 8.46. The molecule has 0 N–H and O–H groups in total. The largest absolute Gasteiger partial charge is 0.300 e. The Morgan fingerprint density at radius 2 is 1.21 bits per heavy atom. The lowest BCUT2D eigenvalue weighted by atomic mass is 9.52. The van der Waals surface area contributed by atoms with Crippen LogP contribution in [0.4, 0.5) is 0 Å². The van der Waals surface area contributed by atoms with E-state index in [4.69, 9.17) is 0 Å². The third-order valence-electron chi connectivity index (χ3n) is 5.63. The lowest BCUT2D eigenvalue weighted by molar-refractivity contribution is -0.123. The Balaban J connectivity index is -0.000000375. The van der Waals surface area contributed by atoms with Crippen molar-refractivity contribution in [2.24, 2.45) is 16.7 Å². The third-order valence-corrected chi connectivity index (χ3v) is 5.63. The summed E-state index contributed by atoms with van der Waals surface area (Å²) in [5, 5.41) is 0. The highest BCUT2D eigenvalue weighted by atomic mass is 16.1. The molecule has 0 aromatic heterocycles. The zero-order valence-corrected chi connectivity index (χ0v) is 19.1. The summed E-state index contributed by atoms with van der Waals surface area (Å²) in [6.45, 7) is 22.5. The standard InChI is InChI=1S/C13H22O.C4H10.3C2H6/c1-4-12(9-10(2)11(3)14)5-6-13(12)7-8-13;1-3-4-2;3*1-2/h10H,4-9H2,1-3H3;3-4H2,1-2H3;3*1-2H3. The minimum atomic E-state index is 0.285. The van der Waals surface area contributed by atoms with Gasteiger partial charge in [-0.2, -0.15) is 0 Å². The van der Waals surface area contributed by atoms with Gasteiger partial charge in [0, 0.05) is 5.92 Å². The normalized spacial score (nSPS) is 22.5. The van der Waals surface area contributed by atoms with Crippen molar-refractivity contribution < 1.29 is 4.79 Å². The number of carbonyl (C=O) groups is 1. The Morgan fingerprint density at radius 1 is 0.833 bits per heavy atom. The van der Waals surface area contributed by atoms with Crippen molar-refractivity contribution in [3.8, 4) is 0 Å². The number of unbranched alkanes of at least 4 members (excludes halogenated alkanes) is 1. The fourth-order valence-electron chi connectivity index (χ4n) is 3.51. The van der Waals surface area contributed by atoms with E-state index in [2.05, 4.69) is 27.7 Å². The SMILES string of the molecule is CC.CC.CC.CCC1(CC(C)C(C)=O)CCC12CC2.CCCC. The van der Waals surface area contributed by atoms with E-state index in [-0.39, 0.29) is 5.92 Å². The molecule has 1 nitrogen and oxygen atoms in total. The molecule has 0 bridgehead atoms. The molecule has 1 heteroatoms. The van der Waals surface area contributed by atoms with Crippen molar-refractivity contribution >= 4 is 5.78 Å². The van der Waals surface area contributed by atoms with Gasteiger partial charge in [0.1, 0.15) is 5.78 Å². The molecule has 0 aromatic carbocycles. The van der Waals surface area contributed by atoms with Crippen molar-refractivity contribution in [1.29, 1.82) is 0 Å². The summed E-state index contributed by atoms with van der Waals surface area (Å²) in [4.78, 5) is 11.3. The number of rotatable bonds is 5. The molecule has 2 aliphatic rings. The summed E-state index contributed by atoms with van der Waals surface area (Å²) in [5.41, 5.74) is 1.25. The molecule has 0 aliphatic heterocycles. The maximum atomic E-state index is 11.3. The maximum Gasteiger partial charge on any atom is 0.132 e. The van der Waals surface area contributed by atoms with E-state index in [1.807, 2.05) is 41.5 Å². The fourth-order valence-corrected chi connectivity index (χ4v) is 3.51. The Bertz CT molecular complexity index is 272. The van der Waals surface area contributed by atoms with Crippen molar-refractivity contribution in [2.75, 3.05) is 0 Å². The molecule has 0 radical (unpaired) electrons. The van der Waals surface area contributed by atoms with E-state index >= 15 is 0 Å². The minimum absolute atomic E-state index is 0.285. The molecule has 0 heterocycles. The van der Waals surface area contributed by atoms with Gasteiger partial charge in [0.15, 0.2) is 0 Å². The average molecular weight is 343 g/mol. The van der Waals surface area contributed by atoms with E-state index in [0.717, 1.165) is 6.42 Å². The number of hydrogen-bond donors (Lipinski definition) is 0. The number of ketones is 1. The molecule has 148 valence electrons. The monoisotopic (exact) mass is 342 g/mol. The van der Waals surface area contributed by atoms with Crippen LogP contribution in [0.1, 0.15) is 128 Å². The van der Waals surface area contributed by atoms with Crippen LogP contribution in [0.25, 0.3) is 0 Å². The Morgan fingerprint density at radius 3 is 1.38 bits per heavy atom. The fraction of sp³-hybridized carbons (Fsp3) is 0.957. The molecule has 1 spiro atoms. The van der Waals surface area contributed by atoms with Crippen LogP contribution in [0.5, 0.6) is 0 Å². The molecule has 2 saturated carbocycles. The summed E-state index contributed by atoms with van der Waals surface area (Å²) in [5.74, 6) is 0.660. The van der Waals surface area contributed by atoms with Gasteiger partial charge in [-0.1, -0.05) is 82.1 Å². The molecule has 2 rings (SSSR count). The molecule has 2 aliphatic carbocycles. The maximum absolute atomic E-state index is 11.3. The van der Waals surface area contributed by atoms with Crippen molar-refractivity contribution in [1.82, 2.24) is 0 Å². The van der Waals surface area contributed by atoms with E-state index in [1.54, 1.807) is 6.92 Å². The number of carbonyl (C=O) groups excluding carboxylic acids is 1. The molecule has 2 fully saturated rings. The van der Waals surface area contributed by atoms with E-state index in [9.17, 15) is 4.79 Å². The van der Waals surface area contributed by atoms with Gasteiger partial charge in [-0.3, -0.25) is 4.79 Å². The van der Waals surface area contributed by atoms with Crippen molar-refractivity contribution in [3.05, 3.63) is 0 Å². The van der Waals surface area contributed by atoms with Crippen LogP contribution in [-0.4, -0.2) is 5.78 Å². The second kappa shape index (κ2) is 16.2. The second-order valence-electron chi connectivity index (χ2n) is 6.63. The van der Waals surface area contributed by atoms with Crippen LogP contribution < -0.4 is 0 Å². The van der Waals surface area contributed by atoms with Crippen LogP contribution >= 0.6 is 0 Å². The van der Waals surface area contributed by atoms with Crippen LogP contribution in [0.2, 0.25) is 0 Å². The summed E-state index contributed by atoms with van der Waals surface area (Å²) in [7, 11) is 0. The Kier molecular flexibility index (Phi) is 19.2. The summed E-state index contributed by atoms with van der Waals surface area (Å²) in [6, 6.07) is 0. The van der Waals surface area contributed by atoms with Gasteiger partial charge in [-0.15, -0.1) is 0 Å². The third kappa shape index (κ3) is 8.17. The molecule has 2 atom stereocenters. The zero-order valence-electron chi connectivity index (χ0n) is 19.1. The van der Waals surface area contributed by atoms with Crippen LogP contribution in [0, 0.1) is 16.7 Å². The van der Waals surface area contributed by atoms with E-state index < -0.39 is 0 Å². The second-order valence-corrected chi connectivity index (χ2v) is 6.63. The first-order valence-corrected chi connectivity index (χ1v) is 11.0. The number of hydrogen-bond acceptors (Lipinski definition) is 1. The average Bonchev–Trinajstić information content (AvgIpc) is 3.47. The minimum Gasteiger partial charge on any atom is -0.300 e. The van der Waals surface area contributed by atoms with E-state index in [1.165, 1.54) is 44.9 Å². The quantitative estimate of drug-likeness (QED) is 0.489. The van der Waals surface area contributed by atoms with Gasteiger partial charge in [-0.25, -0.2) is 0 Å². The van der Waals surface area contributed by atoms with Crippen molar-refractivity contribution in [3.63, 3.8) is 0 Å². The molecule has 24 heavy (non-hydrogen) atoms. The zero-order chi connectivity index (χ0) is 19.8. The summed E-state index contributed by atoms with van der Waals surface area (Å²) in [6.07, 6.45) is 10.8. The van der Waals surface area contributed by atoms with Crippen LogP contribution in [-0.2, 0) is 4.79 Å². The van der Waals surface area contributed by atoms with Gasteiger partial charge in [-0.05, 0) is 56.3 Å². The van der Waals surface area contributed by atoms with Gasteiger partial charge >= 0.3 is 0 Å². The predicted molar refractivity (Wildman–Crippen MR) is 113 cm³/mol. The van der Waals surface area contributed by atoms with Crippen LogP contribution in [0.3, 0.4) is 0 Å². The topological polar surface area (TPSA) is 17.1 Å². The van der Waals surface area contributed by atoms with E-state index in [0.29, 0.717) is 16.6 Å². The first kappa shape index (κ1) is 28.5. The first-order valence-electron chi connectivity index (χ1n) is 11.0. The van der Waals surface area contributed by atoms with Crippen LogP contribution in [0.15, 0.2) is 0 Å². The molecular formula is C23H50O. The van der Waals surface area contributed by atoms with Gasteiger partial charge in [0.25, 0.3) is 0 Å². The molecular weight excluding hydrogens is 292 g/mol. The highest BCUT2D eigenvalue weighted by Crippen LogP contribution is 2.74. The smallest absolute Gasteiger partial charge is 0.132 e. The first-order chi connectivity index (χ1) is 11.5. The lowest BCUT2D eigenvalue weighted by Crippen LogP contribution is -2.43. The van der Waals surface area contributed by atoms with Crippen molar-refractivity contribution in [2.45, 2.75) is 128 Å². The van der Waals surface area contributed by atoms with Gasteiger partial charge < -0.3 is 0 Å². The Hall–Kier alpha value is -0.330. The number of Topliss-reactive ketones (excluding diaryl/α,β-unsaturated/α-hetero) is 1. The highest BCUT2D eigenvalue weighted by Gasteiger charge is 2.64. The Labute approximate surface area is 155 Å². The highest BCUT2D eigenvalue weighted by molar-refractivity contribution is 5.77. The summed E-state index contributed by atoms with van der Waals surface area (Å²) < 4.78 is 0. The molecule has 0 saturated heterocycles. The molecule has 0 aromatic rings. The molecule has 2 unspecified atom stereocenters. The molecule has 0 amide bonds. The summed E-state index contributed by atoms with van der Waals surface area (Å²) >= 11 is 0. The van der Waals surface area contributed by atoms with Gasteiger partial charge in [0.05, 0.1) is 0 Å². The lowest BCUT2D eigenvalue weighted by Gasteiger charge is -2.52.